The molecule has 0 fully saturated rings. The Morgan fingerprint density at radius 3 is 2.65 bits per heavy atom. The van der Waals surface area contributed by atoms with Gasteiger partial charge in [-0.2, -0.15) is 18.3 Å². The first-order chi connectivity index (χ1) is 9.40. The predicted molar refractivity (Wildman–Crippen MR) is 65.2 cm³/mol. The van der Waals surface area contributed by atoms with Crippen LogP contribution in [0, 0.1) is 0 Å². The molecular formula is C12H11F3N4O. The van der Waals surface area contributed by atoms with Crippen molar-refractivity contribution in [2.24, 2.45) is 0 Å². The molecule has 0 aromatic carbocycles. The van der Waals surface area contributed by atoms with Gasteiger partial charge in [0.05, 0.1) is 5.56 Å². The number of aromatic amines is 1. The fraction of sp³-hybridized carbons (Fsp3) is 0.250. The number of pyridine rings is 1. The fourth-order valence-electron chi connectivity index (χ4n) is 1.49. The third kappa shape index (κ3) is 3.14. The Hall–Kier alpha value is -2.38. The summed E-state index contributed by atoms with van der Waals surface area (Å²) in [6, 6.07) is 3.48. The van der Waals surface area contributed by atoms with E-state index < -0.39 is 17.8 Å². The minimum atomic E-state index is -4.52. The number of aromatic nitrogens is 3. The first-order valence-corrected chi connectivity index (χ1v) is 5.79. The average Bonchev–Trinajstić information content (AvgIpc) is 2.85. The first-order valence-electron chi connectivity index (χ1n) is 5.79. The van der Waals surface area contributed by atoms with Gasteiger partial charge in [0.25, 0.3) is 5.91 Å². The molecule has 0 aliphatic heterocycles. The summed E-state index contributed by atoms with van der Waals surface area (Å²) in [7, 11) is 0. The zero-order chi connectivity index (χ0) is 14.8. The zero-order valence-corrected chi connectivity index (χ0v) is 10.5. The van der Waals surface area contributed by atoms with Crippen LogP contribution in [0.2, 0.25) is 0 Å². The quantitative estimate of drug-likeness (QED) is 0.910. The van der Waals surface area contributed by atoms with Crippen molar-refractivity contribution in [1.29, 1.82) is 0 Å². The molecule has 2 aromatic heterocycles. The standard InChI is InChI=1S/C12H11F3N4O/c1-2-8-5-10(19-18-8)17-11(20)7-3-4-9(16-6-7)12(13,14)15/h3-6H,2H2,1H3,(H2,17,18,19,20). The van der Waals surface area contributed by atoms with E-state index in [-0.39, 0.29) is 5.56 Å². The molecule has 2 rings (SSSR count). The summed E-state index contributed by atoms with van der Waals surface area (Å²) in [5.41, 5.74) is -0.174. The highest BCUT2D eigenvalue weighted by molar-refractivity contribution is 6.03. The average molecular weight is 284 g/mol. The second kappa shape index (κ2) is 5.32. The Labute approximate surface area is 112 Å². The summed E-state index contributed by atoms with van der Waals surface area (Å²) >= 11 is 0. The molecule has 0 saturated carbocycles. The number of H-pyrrole nitrogens is 1. The van der Waals surface area contributed by atoms with Crippen molar-refractivity contribution in [3.63, 3.8) is 0 Å². The minimum Gasteiger partial charge on any atom is -0.305 e. The maximum Gasteiger partial charge on any atom is 0.433 e. The Morgan fingerprint density at radius 1 is 1.40 bits per heavy atom. The highest BCUT2D eigenvalue weighted by atomic mass is 19.4. The number of hydrogen-bond acceptors (Lipinski definition) is 3. The molecular weight excluding hydrogens is 273 g/mol. The molecule has 0 bridgehead atoms. The number of amides is 1. The monoisotopic (exact) mass is 284 g/mol. The topological polar surface area (TPSA) is 70.7 Å². The lowest BCUT2D eigenvalue weighted by molar-refractivity contribution is -0.141. The largest absolute Gasteiger partial charge is 0.433 e. The van der Waals surface area contributed by atoms with Gasteiger partial charge in [0.2, 0.25) is 0 Å². The molecule has 0 aliphatic rings. The smallest absolute Gasteiger partial charge is 0.305 e. The van der Waals surface area contributed by atoms with E-state index in [1.807, 2.05) is 6.92 Å². The van der Waals surface area contributed by atoms with E-state index in [9.17, 15) is 18.0 Å². The first kappa shape index (κ1) is 14.0. The molecule has 2 N–H and O–H groups in total. The molecule has 8 heteroatoms. The van der Waals surface area contributed by atoms with Crippen molar-refractivity contribution in [2.45, 2.75) is 19.5 Å². The molecule has 106 valence electrons. The number of anilines is 1. The Balaban J connectivity index is 2.09. The van der Waals surface area contributed by atoms with Crippen molar-refractivity contribution in [1.82, 2.24) is 15.2 Å². The van der Waals surface area contributed by atoms with Crippen molar-refractivity contribution in [2.75, 3.05) is 5.32 Å². The second-order valence-electron chi connectivity index (χ2n) is 4.02. The lowest BCUT2D eigenvalue weighted by Gasteiger charge is -2.06. The van der Waals surface area contributed by atoms with E-state index >= 15 is 0 Å². The van der Waals surface area contributed by atoms with Crippen molar-refractivity contribution in [3.8, 4) is 0 Å². The van der Waals surface area contributed by atoms with Gasteiger partial charge in [0.15, 0.2) is 5.82 Å². The maximum atomic E-state index is 12.3. The van der Waals surface area contributed by atoms with Gasteiger partial charge >= 0.3 is 6.18 Å². The molecule has 20 heavy (non-hydrogen) atoms. The van der Waals surface area contributed by atoms with Gasteiger partial charge in [0.1, 0.15) is 5.69 Å². The molecule has 0 spiro atoms. The number of carbonyl (C=O) groups excluding carboxylic acids is 1. The van der Waals surface area contributed by atoms with Crippen molar-refractivity contribution >= 4 is 11.7 Å². The van der Waals surface area contributed by atoms with Gasteiger partial charge in [-0.1, -0.05) is 6.92 Å². The van der Waals surface area contributed by atoms with Crippen LogP contribution in [-0.2, 0) is 12.6 Å². The molecule has 0 aliphatic carbocycles. The van der Waals surface area contributed by atoms with Crippen LogP contribution < -0.4 is 5.32 Å². The predicted octanol–water partition coefficient (Wildman–Crippen LogP) is 2.64. The number of alkyl halides is 3. The normalized spacial score (nSPS) is 11.4. The Bertz CT molecular complexity index is 604. The summed E-state index contributed by atoms with van der Waals surface area (Å²) in [5.74, 6) is -0.257. The maximum absolute atomic E-state index is 12.3. The van der Waals surface area contributed by atoms with Crippen LogP contribution in [0.3, 0.4) is 0 Å². The van der Waals surface area contributed by atoms with Gasteiger partial charge in [-0.25, -0.2) is 0 Å². The van der Waals surface area contributed by atoms with Gasteiger partial charge in [-0.3, -0.25) is 14.9 Å². The number of aryl methyl sites for hydroxylation is 1. The number of rotatable bonds is 3. The number of nitrogens with one attached hydrogen (secondary N) is 2. The van der Waals surface area contributed by atoms with E-state index in [4.69, 9.17) is 0 Å². The number of nitrogens with zero attached hydrogens (tertiary/aromatic N) is 2. The van der Waals surface area contributed by atoms with E-state index in [2.05, 4.69) is 20.5 Å². The minimum absolute atomic E-state index is 0.0269. The van der Waals surface area contributed by atoms with Crippen LogP contribution in [0.15, 0.2) is 24.4 Å². The molecule has 0 atom stereocenters. The fourth-order valence-corrected chi connectivity index (χ4v) is 1.49. The summed E-state index contributed by atoms with van der Waals surface area (Å²) in [4.78, 5) is 15.0. The number of carbonyl (C=O) groups is 1. The lowest BCUT2D eigenvalue weighted by Crippen LogP contribution is -2.14. The summed E-state index contributed by atoms with van der Waals surface area (Å²) < 4.78 is 37.0. The molecule has 0 saturated heterocycles. The third-order valence-electron chi connectivity index (χ3n) is 2.57. The van der Waals surface area contributed by atoms with Crippen LogP contribution in [0.25, 0.3) is 0 Å². The molecule has 0 unspecified atom stereocenters. The van der Waals surface area contributed by atoms with E-state index in [0.29, 0.717) is 5.82 Å². The highest BCUT2D eigenvalue weighted by Crippen LogP contribution is 2.27. The Morgan fingerprint density at radius 2 is 2.15 bits per heavy atom. The van der Waals surface area contributed by atoms with Crippen LogP contribution in [0.5, 0.6) is 0 Å². The molecule has 2 aromatic rings. The lowest BCUT2D eigenvalue weighted by atomic mass is 10.2. The van der Waals surface area contributed by atoms with Crippen molar-refractivity contribution in [3.05, 3.63) is 41.3 Å². The van der Waals surface area contributed by atoms with Crippen LogP contribution in [0.1, 0.15) is 28.7 Å². The highest BCUT2D eigenvalue weighted by Gasteiger charge is 2.32. The SMILES string of the molecule is CCc1cc(NC(=O)c2ccc(C(F)(F)F)nc2)n[nH]1. The van der Waals surface area contributed by atoms with Gasteiger partial charge in [-0.15, -0.1) is 0 Å². The zero-order valence-electron chi connectivity index (χ0n) is 10.5. The van der Waals surface area contributed by atoms with Crippen LogP contribution in [0.4, 0.5) is 19.0 Å². The number of halogens is 3. The summed E-state index contributed by atoms with van der Waals surface area (Å²) in [5, 5.41) is 9.03. The molecule has 0 radical (unpaired) electrons. The van der Waals surface area contributed by atoms with Crippen molar-refractivity contribution < 1.29 is 18.0 Å². The molecule has 1 amide bonds. The van der Waals surface area contributed by atoms with Gasteiger partial charge < -0.3 is 5.32 Å². The van der Waals surface area contributed by atoms with Gasteiger partial charge in [-0.05, 0) is 18.6 Å². The molecule has 2 heterocycles. The van der Waals surface area contributed by atoms with Crippen LogP contribution in [-0.4, -0.2) is 21.1 Å². The summed E-state index contributed by atoms with van der Waals surface area (Å²) in [6.07, 6.45) is -2.91. The summed E-state index contributed by atoms with van der Waals surface area (Å²) in [6.45, 7) is 1.92. The van der Waals surface area contributed by atoms with E-state index in [1.165, 1.54) is 0 Å². The third-order valence-corrected chi connectivity index (χ3v) is 2.57. The molecule has 5 nitrogen and oxygen atoms in total. The number of hydrogen-bond donors (Lipinski definition) is 2. The van der Waals surface area contributed by atoms with E-state index in [0.717, 1.165) is 30.4 Å². The van der Waals surface area contributed by atoms with Gasteiger partial charge in [0, 0.05) is 18.0 Å². The van der Waals surface area contributed by atoms with Crippen LogP contribution >= 0.6 is 0 Å². The second-order valence-corrected chi connectivity index (χ2v) is 4.02. The Kier molecular flexibility index (Phi) is 3.73. The van der Waals surface area contributed by atoms with E-state index in [1.54, 1.807) is 6.07 Å².